The molecule has 1 saturated carbocycles. The molecule has 20 heavy (non-hydrogen) atoms. The monoisotopic (exact) mass is 276 g/mol. The first-order valence-corrected chi connectivity index (χ1v) is 8.32. The molecule has 0 spiro atoms. The van der Waals surface area contributed by atoms with Crippen molar-refractivity contribution >= 4 is 5.95 Å². The number of hydrogen-bond acceptors (Lipinski definition) is 3. The SMILES string of the molecule is CCc1cn(C2CCCC2)c(N2CCCC2CNC)n1. The Bertz CT molecular complexity index is 434. The molecule has 1 aromatic heterocycles. The van der Waals surface area contributed by atoms with Gasteiger partial charge < -0.3 is 14.8 Å². The second kappa shape index (κ2) is 6.17. The number of imidazole rings is 1. The van der Waals surface area contributed by atoms with Gasteiger partial charge in [0.2, 0.25) is 5.95 Å². The van der Waals surface area contributed by atoms with Crippen LogP contribution in [-0.4, -0.2) is 35.7 Å². The normalized spacial score (nSPS) is 23.9. The molecule has 0 radical (unpaired) electrons. The van der Waals surface area contributed by atoms with E-state index in [1.807, 2.05) is 0 Å². The summed E-state index contributed by atoms with van der Waals surface area (Å²) >= 11 is 0. The molecule has 0 amide bonds. The summed E-state index contributed by atoms with van der Waals surface area (Å²) in [4.78, 5) is 7.50. The van der Waals surface area contributed by atoms with Gasteiger partial charge in [-0.2, -0.15) is 0 Å². The Balaban J connectivity index is 1.88. The summed E-state index contributed by atoms with van der Waals surface area (Å²) in [7, 11) is 2.05. The van der Waals surface area contributed by atoms with Gasteiger partial charge in [-0.1, -0.05) is 19.8 Å². The molecule has 2 aliphatic rings. The molecule has 4 nitrogen and oxygen atoms in total. The number of nitrogens with one attached hydrogen (secondary N) is 1. The van der Waals surface area contributed by atoms with Gasteiger partial charge >= 0.3 is 0 Å². The van der Waals surface area contributed by atoms with Crippen molar-refractivity contribution in [1.82, 2.24) is 14.9 Å². The molecule has 1 unspecified atom stereocenters. The van der Waals surface area contributed by atoms with Gasteiger partial charge in [0.15, 0.2) is 0 Å². The molecule has 112 valence electrons. The van der Waals surface area contributed by atoms with Crippen molar-refractivity contribution in [2.75, 3.05) is 25.0 Å². The highest BCUT2D eigenvalue weighted by molar-refractivity contribution is 5.38. The van der Waals surface area contributed by atoms with E-state index in [2.05, 4.69) is 35.0 Å². The van der Waals surface area contributed by atoms with Crippen molar-refractivity contribution in [3.63, 3.8) is 0 Å². The highest BCUT2D eigenvalue weighted by atomic mass is 15.3. The van der Waals surface area contributed by atoms with Crippen LogP contribution < -0.4 is 10.2 Å². The molecule has 0 aromatic carbocycles. The molecule has 1 aliphatic carbocycles. The highest BCUT2D eigenvalue weighted by Gasteiger charge is 2.30. The quantitative estimate of drug-likeness (QED) is 0.897. The van der Waals surface area contributed by atoms with E-state index in [0.717, 1.165) is 13.0 Å². The van der Waals surface area contributed by atoms with E-state index in [4.69, 9.17) is 4.98 Å². The van der Waals surface area contributed by atoms with Crippen molar-refractivity contribution in [1.29, 1.82) is 0 Å². The van der Waals surface area contributed by atoms with Gasteiger partial charge in [0.25, 0.3) is 0 Å². The van der Waals surface area contributed by atoms with Gasteiger partial charge in [-0.25, -0.2) is 4.98 Å². The maximum atomic E-state index is 4.95. The zero-order valence-corrected chi connectivity index (χ0v) is 12.9. The number of aromatic nitrogens is 2. The number of aryl methyl sites for hydroxylation is 1. The predicted octanol–water partition coefficient (Wildman–Crippen LogP) is 2.75. The van der Waals surface area contributed by atoms with Crippen LogP contribution in [0.4, 0.5) is 5.95 Å². The van der Waals surface area contributed by atoms with Gasteiger partial charge in [0.05, 0.1) is 5.69 Å². The lowest BCUT2D eigenvalue weighted by Crippen LogP contribution is -2.38. The summed E-state index contributed by atoms with van der Waals surface area (Å²) < 4.78 is 2.50. The Labute approximate surface area is 122 Å². The van der Waals surface area contributed by atoms with Gasteiger partial charge in [0.1, 0.15) is 0 Å². The lowest BCUT2D eigenvalue weighted by atomic mass is 10.2. The zero-order valence-electron chi connectivity index (χ0n) is 12.9. The fourth-order valence-electron chi connectivity index (χ4n) is 3.81. The van der Waals surface area contributed by atoms with E-state index in [-0.39, 0.29) is 0 Å². The molecule has 1 atom stereocenters. The first kappa shape index (κ1) is 13.9. The smallest absolute Gasteiger partial charge is 0.206 e. The molecule has 1 aromatic rings. The van der Waals surface area contributed by atoms with Crippen LogP contribution in [0.5, 0.6) is 0 Å². The van der Waals surface area contributed by atoms with E-state index in [9.17, 15) is 0 Å². The van der Waals surface area contributed by atoms with Gasteiger partial charge in [-0.3, -0.25) is 0 Å². The molecule has 2 fully saturated rings. The fourth-order valence-corrected chi connectivity index (χ4v) is 3.81. The third-order valence-electron chi connectivity index (χ3n) is 4.92. The molecule has 4 heteroatoms. The third-order valence-corrected chi connectivity index (χ3v) is 4.92. The van der Waals surface area contributed by atoms with Crippen molar-refractivity contribution in [3.8, 4) is 0 Å². The predicted molar refractivity (Wildman–Crippen MR) is 83.4 cm³/mol. The van der Waals surface area contributed by atoms with E-state index >= 15 is 0 Å². The summed E-state index contributed by atoms with van der Waals surface area (Å²) in [6, 6.07) is 1.31. The highest BCUT2D eigenvalue weighted by Crippen LogP contribution is 2.35. The average Bonchev–Trinajstić information content (AvgIpc) is 3.18. The van der Waals surface area contributed by atoms with Crippen LogP contribution in [0.2, 0.25) is 0 Å². The third kappa shape index (κ3) is 2.58. The van der Waals surface area contributed by atoms with Crippen LogP contribution in [0.15, 0.2) is 6.20 Å². The van der Waals surface area contributed by atoms with Gasteiger partial charge in [0, 0.05) is 31.4 Å². The Morgan fingerprint density at radius 1 is 1.25 bits per heavy atom. The second-order valence-electron chi connectivity index (χ2n) is 6.28. The summed E-state index contributed by atoms with van der Waals surface area (Å²) in [6.45, 7) is 4.44. The number of rotatable bonds is 5. The molecular formula is C16H28N4. The number of anilines is 1. The summed E-state index contributed by atoms with van der Waals surface area (Å²) in [6.07, 6.45) is 11.4. The molecule has 0 bridgehead atoms. The standard InChI is InChI=1S/C16H28N4/c1-3-13-12-20(14-7-4-5-8-14)16(18-13)19-10-6-9-15(19)11-17-2/h12,14-15,17H,3-11H2,1-2H3. The maximum Gasteiger partial charge on any atom is 0.206 e. The van der Waals surface area contributed by atoms with Crippen LogP contribution in [0.3, 0.4) is 0 Å². The largest absolute Gasteiger partial charge is 0.338 e. The Hall–Kier alpha value is -1.03. The fraction of sp³-hybridized carbons (Fsp3) is 0.812. The molecule has 3 rings (SSSR count). The zero-order chi connectivity index (χ0) is 13.9. The minimum atomic E-state index is 0.618. The summed E-state index contributed by atoms with van der Waals surface area (Å²) in [5, 5.41) is 3.34. The van der Waals surface area contributed by atoms with Gasteiger partial charge in [-0.05, 0) is 39.2 Å². The van der Waals surface area contributed by atoms with Gasteiger partial charge in [-0.15, -0.1) is 0 Å². The minimum Gasteiger partial charge on any atom is -0.338 e. The van der Waals surface area contributed by atoms with Crippen LogP contribution in [0, 0.1) is 0 Å². The lowest BCUT2D eigenvalue weighted by molar-refractivity contribution is 0.504. The van der Waals surface area contributed by atoms with Crippen molar-refractivity contribution in [2.24, 2.45) is 0 Å². The molecule has 2 heterocycles. The van der Waals surface area contributed by atoms with Crippen molar-refractivity contribution < 1.29 is 0 Å². The van der Waals surface area contributed by atoms with E-state index in [0.29, 0.717) is 12.1 Å². The van der Waals surface area contributed by atoms with Crippen LogP contribution in [0.1, 0.15) is 57.2 Å². The Morgan fingerprint density at radius 2 is 2.05 bits per heavy atom. The number of hydrogen-bond donors (Lipinski definition) is 1. The van der Waals surface area contributed by atoms with E-state index in [1.54, 1.807) is 0 Å². The molecule has 1 saturated heterocycles. The number of nitrogens with zero attached hydrogens (tertiary/aromatic N) is 3. The first-order chi connectivity index (χ1) is 9.83. The Morgan fingerprint density at radius 3 is 2.75 bits per heavy atom. The Kier molecular flexibility index (Phi) is 4.29. The molecule has 1 aliphatic heterocycles. The summed E-state index contributed by atoms with van der Waals surface area (Å²) in [5.74, 6) is 1.24. The molecule has 1 N–H and O–H groups in total. The second-order valence-corrected chi connectivity index (χ2v) is 6.28. The number of likely N-dealkylation sites (N-methyl/N-ethyl adjacent to an activating group) is 1. The van der Waals surface area contributed by atoms with E-state index in [1.165, 1.54) is 56.7 Å². The maximum absolute atomic E-state index is 4.95. The summed E-state index contributed by atoms with van der Waals surface area (Å²) in [5.41, 5.74) is 1.25. The van der Waals surface area contributed by atoms with Crippen LogP contribution >= 0.6 is 0 Å². The molecular weight excluding hydrogens is 248 g/mol. The van der Waals surface area contributed by atoms with Crippen molar-refractivity contribution in [3.05, 3.63) is 11.9 Å². The van der Waals surface area contributed by atoms with Crippen molar-refractivity contribution in [2.45, 2.75) is 64.0 Å². The average molecular weight is 276 g/mol. The lowest BCUT2D eigenvalue weighted by Gasteiger charge is -2.28. The topological polar surface area (TPSA) is 33.1 Å². The van der Waals surface area contributed by atoms with E-state index < -0.39 is 0 Å². The van der Waals surface area contributed by atoms with Crippen LogP contribution in [-0.2, 0) is 6.42 Å². The first-order valence-electron chi connectivity index (χ1n) is 8.32. The minimum absolute atomic E-state index is 0.618. The van der Waals surface area contributed by atoms with Crippen LogP contribution in [0.25, 0.3) is 0 Å².